The molecule has 1 aromatic rings. The predicted octanol–water partition coefficient (Wildman–Crippen LogP) is 2.08. The van der Waals surface area contributed by atoms with Crippen molar-refractivity contribution in [1.29, 1.82) is 0 Å². The summed E-state index contributed by atoms with van der Waals surface area (Å²) in [5.41, 5.74) is 2.00. The van der Waals surface area contributed by atoms with Gasteiger partial charge in [-0.05, 0) is 24.0 Å². The lowest BCUT2D eigenvalue weighted by Crippen LogP contribution is -2.05. The maximum atomic E-state index is 9.68. The molecule has 2 heteroatoms. The Hall–Kier alpha value is -0.890. The molecule has 1 aromatic heterocycles. The van der Waals surface area contributed by atoms with E-state index in [1.54, 1.807) is 12.4 Å². The van der Waals surface area contributed by atoms with Gasteiger partial charge in [0.05, 0.1) is 6.10 Å². The van der Waals surface area contributed by atoms with Crippen LogP contribution in [0.25, 0.3) is 0 Å². The minimum atomic E-state index is -0.391. The van der Waals surface area contributed by atoms with Gasteiger partial charge >= 0.3 is 0 Å². The Morgan fingerprint density at radius 2 is 2.00 bits per heavy atom. The normalized spacial score (nSPS) is 13.4. The third-order valence-electron chi connectivity index (χ3n) is 1.87. The molecule has 66 valence electrons. The van der Waals surface area contributed by atoms with Crippen LogP contribution in [0, 0.1) is 12.8 Å². The molecule has 0 unspecified atom stereocenters. The van der Waals surface area contributed by atoms with Gasteiger partial charge in [-0.25, -0.2) is 0 Å². The van der Waals surface area contributed by atoms with E-state index in [0.717, 1.165) is 11.1 Å². The summed E-state index contributed by atoms with van der Waals surface area (Å²) in [5, 5.41) is 9.68. The number of hydrogen-bond acceptors (Lipinski definition) is 2. The Bertz CT molecular complexity index is 258. The quantitative estimate of drug-likeness (QED) is 0.727. The van der Waals surface area contributed by atoms with Gasteiger partial charge in [0.1, 0.15) is 0 Å². The van der Waals surface area contributed by atoms with E-state index in [1.165, 1.54) is 0 Å². The standard InChI is InChI=1S/C10H15NO/c1-7(2)10(12)9-4-8(3)5-11-6-9/h4-7,10,12H,1-3H3/t10-/m0/s1. The molecule has 0 aliphatic rings. The average Bonchev–Trinajstić information content (AvgIpc) is 2.03. The van der Waals surface area contributed by atoms with Crippen LogP contribution in [-0.4, -0.2) is 10.1 Å². The van der Waals surface area contributed by atoms with Gasteiger partial charge in [-0.1, -0.05) is 19.9 Å². The first-order valence-corrected chi connectivity index (χ1v) is 4.21. The van der Waals surface area contributed by atoms with Crippen LogP contribution < -0.4 is 0 Å². The van der Waals surface area contributed by atoms with E-state index in [-0.39, 0.29) is 5.92 Å². The first kappa shape index (κ1) is 9.20. The lowest BCUT2D eigenvalue weighted by atomic mass is 10.00. The molecule has 0 aromatic carbocycles. The van der Waals surface area contributed by atoms with Crippen molar-refractivity contribution in [3.05, 3.63) is 29.6 Å². The molecule has 2 nitrogen and oxygen atoms in total. The van der Waals surface area contributed by atoms with E-state index < -0.39 is 6.10 Å². The molecule has 0 saturated heterocycles. The summed E-state index contributed by atoms with van der Waals surface area (Å²) >= 11 is 0. The van der Waals surface area contributed by atoms with Crippen molar-refractivity contribution >= 4 is 0 Å². The highest BCUT2D eigenvalue weighted by molar-refractivity contribution is 5.19. The van der Waals surface area contributed by atoms with Crippen molar-refractivity contribution in [2.75, 3.05) is 0 Å². The number of hydrogen-bond donors (Lipinski definition) is 1. The summed E-state index contributed by atoms with van der Waals surface area (Å²) in [5.74, 6) is 0.244. The van der Waals surface area contributed by atoms with Crippen LogP contribution in [0.1, 0.15) is 31.1 Å². The number of aryl methyl sites for hydroxylation is 1. The Morgan fingerprint density at radius 3 is 2.50 bits per heavy atom. The zero-order chi connectivity index (χ0) is 9.14. The van der Waals surface area contributed by atoms with E-state index in [9.17, 15) is 5.11 Å². The third kappa shape index (κ3) is 2.05. The molecule has 1 N–H and O–H groups in total. The molecule has 0 fully saturated rings. The Balaban J connectivity index is 2.88. The SMILES string of the molecule is Cc1cncc([C@@H](O)C(C)C)c1. The second-order valence-electron chi connectivity index (χ2n) is 3.48. The molecule has 0 amide bonds. The maximum Gasteiger partial charge on any atom is 0.0827 e. The monoisotopic (exact) mass is 165 g/mol. The van der Waals surface area contributed by atoms with Crippen LogP contribution in [0.15, 0.2) is 18.5 Å². The Labute approximate surface area is 73.3 Å². The lowest BCUT2D eigenvalue weighted by molar-refractivity contribution is 0.126. The van der Waals surface area contributed by atoms with Crippen LogP contribution in [0.5, 0.6) is 0 Å². The predicted molar refractivity (Wildman–Crippen MR) is 48.8 cm³/mol. The number of aromatic nitrogens is 1. The van der Waals surface area contributed by atoms with E-state index >= 15 is 0 Å². The van der Waals surface area contributed by atoms with Crippen molar-refractivity contribution in [3.63, 3.8) is 0 Å². The average molecular weight is 165 g/mol. The van der Waals surface area contributed by atoms with Gasteiger partial charge in [-0.15, -0.1) is 0 Å². The molecule has 0 aliphatic heterocycles. The second kappa shape index (κ2) is 3.68. The highest BCUT2D eigenvalue weighted by Gasteiger charge is 2.11. The van der Waals surface area contributed by atoms with E-state index in [2.05, 4.69) is 4.98 Å². The van der Waals surface area contributed by atoms with Crippen LogP contribution in [-0.2, 0) is 0 Å². The summed E-state index contributed by atoms with van der Waals surface area (Å²) in [6.45, 7) is 5.96. The summed E-state index contributed by atoms with van der Waals surface area (Å²) in [7, 11) is 0. The summed E-state index contributed by atoms with van der Waals surface area (Å²) in [4.78, 5) is 4.03. The molecule has 1 heterocycles. The van der Waals surface area contributed by atoms with Crippen molar-refractivity contribution in [1.82, 2.24) is 4.98 Å². The maximum absolute atomic E-state index is 9.68. The van der Waals surface area contributed by atoms with Gasteiger partial charge in [0.25, 0.3) is 0 Å². The summed E-state index contributed by atoms with van der Waals surface area (Å²) in [6, 6.07) is 1.97. The molecule has 0 bridgehead atoms. The first-order valence-electron chi connectivity index (χ1n) is 4.21. The minimum absolute atomic E-state index is 0.244. The largest absolute Gasteiger partial charge is 0.388 e. The van der Waals surface area contributed by atoms with Crippen molar-refractivity contribution in [2.24, 2.45) is 5.92 Å². The van der Waals surface area contributed by atoms with Gasteiger partial charge in [0.15, 0.2) is 0 Å². The van der Waals surface area contributed by atoms with Crippen LogP contribution in [0.2, 0.25) is 0 Å². The molecule has 0 radical (unpaired) electrons. The second-order valence-corrected chi connectivity index (χ2v) is 3.48. The minimum Gasteiger partial charge on any atom is -0.388 e. The Kier molecular flexibility index (Phi) is 2.82. The molecule has 12 heavy (non-hydrogen) atoms. The van der Waals surface area contributed by atoms with E-state index in [0.29, 0.717) is 0 Å². The molecular formula is C10H15NO. The molecule has 0 aliphatic carbocycles. The van der Waals surface area contributed by atoms with Crippen molar-refractivity contribution < 1.29 is 5.11 Å². The van der Waals surface area contributed by atoms with Crippen LogP contribution in [0.3, 0.4) is 0 Å². The zero-order valence-corrected chi connectivity index (χ0v) is 7.78. The van der Waals surface area contributed by atoms with Crippen LogP contribution in [0.4, 0.5) is 0 Å². The first-order chi connectivity index (χ1) is 5.61. The summed E-state index contributed by atoms with van der Waals surface area (Å²) < 4.78 is 0. The third-order valence-corrected chi connectivity index (χ3v) is 1.87. The number of aliphatic hydroxyl groups excluding tert-OH is 1. The van der Waals surface area contributed by atoms with Gasteiger partial charge in [-0.3, -0.25) is 4.98 Å². The highest BCUT2D eigenvalue weighted by Crippen LogP contribution is 2.20. The Morgan fingerprint density at radius 1 is 1.33 bits per heavy atom. The van der Waals surface area contributed by atoms with Crippen LogP contribution >= 0.6 is 0 Å². The highest BCUT2D eigenvalue weighted by atomic mass is 16.3. The smallest absolute Gasteiger partial charge is 0.0827 e. The number of rotatable bonds is 2. The molecule has 1 atom stereocenters. The van der Waals surface area contributed by atoms with Gasteiger partial charge in [-0.2, -0.15) is 0 Å². The fourth-order valence-electron chi connectivity index (χ4n) is 1.12. The van der Waals surface area contributed by atoms with Gasteiger partial charge in [0.2, 0.25) is 0 Å². The number of aliphatic hydroxyl groups is 1. The van der Waals surface area contributed by atoms with Crippen molar-refractivity contribution in [2.45, 2.75) is 26.9 Å². The zero-order valence-electron chi connectivity index (χ0n) is 7.78. The summed E-state index contributed by atoms with van der Waals surface area (Å²) in [6.07, 6.45) is 3.12. The number of pyridine rings is 1. The number of nitrogens with zero attached hydrogens (tertiary/aromatic N) is 1. The van der Waals surface area contributed by atoms with E-state index in [1.807, 2.05) is 26.8 Å². The van der Waals surface area contributed by atoms with Crippen molar-refractivity contribution in [3.8, 4) is 0 Å². The lowest BCUT2D eigenvalue weighted by Gasteiger charge is -2.14. The molecular weight excluding hydrogens is 150 g/mol. The van der Waals surface area contributed by atoms with Gasteiger partial charge < -0.3 is 5.11 Å². The molecule has 1 rings (SSSR count). The van der Waals surface area contributed by atoms with E-state index in [4.69, 9.17) is 0 Å². The molecule has 0 saturated carbocycles. The fraction of sp³-hybridized carbons (Fsp3) is 0.500. The topological polar surface area (TPSA) is 33.1 Å². The molecule has 0 spiro atoms. The van der Waals surface area contributed by atoms with Gasteiger partial charge in [0, 0.05) is 12.4 Å². The fourth-order valence-corrected chi connectivity index (χ4v) is 1.12.